The molecule has 1 aromatic carbocycles. The molecule has 0 atom stereocenters. The molecule has 1 fully saturated rings. The van der Waals surface area contributed by atoms with Crippen LogP contribution in [0.4, 0.5) is 5.69 Å². The fourth-order valence-corrected chi connectivity index (χ4v) is 1.81. The average Bonchev–Trinajstić information content (AvgIpc) is 2.51. The van der Waals surface area contributed by atoms with Gasteiger partial charge in [0.05, 0.1) is 5.69 Å². The maximum absolute atomic E-state index is 11.6. The van der Waals surface area contributed by atoms with E-state index in [0.29, 0.717) is 12.8 Å². The van der Waals surface area contributed by atoms with Crippen LogP contribution in [0.25, 0.3) is 0 Å². The molecule has 3 nitrogen and oxygen atoms in total. The smallest absolute Gasteiger partial charge is 0.234 e. The Hall–Kier alpha value is -1.64. The Morgan fingerprint density at radius 2 is 1.67 bits per heavy atom. The molecule has 0 unspecified atom stereocenters. The molecule has 2 rings (SSSR count). The summed E-state index contributed by atoms with van der Waals surface area (Å²) in [6, 6.07) is 5.80. The van der Waals surface area contributed by atoms with Crippen LogP contribution in [0.1, 0.15) is 24.0 Å². The van der Waals surface area contributed by atoms with Gasteiger partial charge in [-0.1, -0.05) is 12.1 Å². The molecule has 78 valence electrons. The van der Waals surface area contributed by atoms with E-state index < -0.39 is 0 Å². The molecule has 15 heavy (non-hydrogen) atoms. The van der Waals surface area contributed by atoms with Gasteiger partial charge in [-0.3, -0.25) is 14.5 Å². The summed E-state index contributed by atoms with van der Waals surface area (Å²) in [6.45, 7) is 3.86. The minimum Gasteiger partial charge on any atom is -0.274 e. The lowest BCUT2D eigenvalue weighted by Crippen LogP contribution is -2.29. The SMILES string of the molecule is Cc1ccc(C)c(N2C(=O)CCC2=O)c1. The van der Waals surface area contributed by atoms with Crippen molar-refractivity contribution in [3.05, 3.63) is 29.3 Å². The Bertz CT molecular complexity index is 421. The minimum atomic E-state index is -0.0892. The van der Waals surface area contributed by atoms with Gasteiger partial charge in [-0.2, -0.15) is 0 Å². The van der Waals surface area contributed by atoms with Crippen LogP contribution in [0.3, 0.4) is 0 Å². The summed E-state index contributed by atoms with van der Waals surface area (Å²) in [5.74, 6) is -0.178. The van der Waals surface area contributed by atoms with E-state index in [-0.39, 0.29) is 11.8 Å². The van der Waals surface area contributed by atoms with E-state index >= 15 is 0 Å². The summed E-state index contributed by atoms with van der Waals surface area (Å²) in [4.78, 5) is 24.4. The first kappa shape index (κ1) is 9.90. The predicted octanol–water partition coefficient (Wildman–Crippen LogP) is 1.96. The van der Waals surface area contributed by atoms with Crippen molar-refractivity contribution in [1.29, 1.82) is 0 Å². The molecule has 1 aliphatic rings. The van der Waals surface area contributed by atoms with Crippen LogP contribution < -0.4 is 4.90 Å². The van der Waals surface area contributed by atoms with Gasteiger partial charge < -0.3 is 0 Å². The van der Waals surface area contributed by atoms with Crippen LogP contribution in [-0.4, -0.2) is 11.8 Å². The third kappa shape index (κ3) is 1.65. The van der Waals surface area contributed by atoms with Gasteiger partial charge in [-0.05, 0) is 31.0 Å². The molecule has 0 saturated carbocycles. The molecule has 1 heterocycles. The molecule has 1 aromatic rings. The van der Waals surface area contributed by atoms with E-state index in [1.165, 1.54) is 4.90 Å². The van der Waals surface area contributed by atoms with Gasteiger partial charge in [0, 0.05) is 12.8 Å². The topological polar surface area (TPSA) is 37.4 Å². The lowest BCUT2D eigenvalue weighted by molar-refractivity contribution is -0.121. The van der Waals surface area contributed by atoms with Crippen LogP contribution in [0.2, 0.25) is 0 Å². The first-order valence-electron chi connectivity index (χ1n) is 5.02. The number of hydrogen-bond donors (Lipinski definition) is 0. The van der Waals surface area contributed by atoms with Gasteiger partial charge in [0.25, 0.3) is 0 Å². The van der Waals surface area contributed by atoms with Crippen LogP contribution in [-0.2, 0) is 9.59 Å². The molecule has 0 aromatic heterocycles. The van der Waals surface area contributed by atoms with Crippen LogP contribution in [0.5, 0.6) is 0 Å². The fraction of sp³-hybridized carbons (Fsp3) is 0.333. The Labute approximate surface area is 88.7 Å². The van der Waals surface area contributed by atoms with E-state index in [1.54, 1.807) is 0 Å². The number of carbonyl (C=O) groups excluding carboxylic acids is 2. The molecule has 0 N–H and O–H groups in total. The van der Waals surface area contributed by atoms with Crippen molar-refractivity contribution in [2.45, 2.75) is 26.7 Å². The zero-order valence-corrected chi connectivity index (χ0v) is 8.91. The second-order valence-corrected chi connectivity index (χ2v) is 3.91. The molecular weight excluding hydrogens is 190 g/mol. The van der Waals surface area contributed by atoms with Crippen molar-refractivity contribution in [1.82, 2.24) is 0 Å². The predicted molar refractivity (Wildman–Crippen MR) is 57.6 cm³/mol. The van der Waals surface area contributed by atoms with Crippen molar-refractivity contribution >= 4 is 17.5 Å². The van der Waals surface area contributed by atoms with Gasteiger partial charge in [0.2, 0.25) is 11.8 Å². The molecule has 0 bridgehead atoms. The summed E-state index contributed by atoms with van der Waals surface area (Å²) in [5.41, 5.74) is 2.76. The van der Waals surface area contributed by atoms with Gasteiger partial charge in [0.15, 0.2) is 0 Å². The van der Waals surface area contributed by atoms with Crippen LogP contribution >= 0.6 is 0 Å². The maximum Gasteiger partial charge on any atom is 0.234 e. The van der Waals surface area contributed by atoms with Gasteiger partial charge in [0.1, 0.15) is 0 Å². The number of imide groups is 1. The summed E-state index contributed by atoms with van der Waals surface area (Å²) in [7, 11) is 0. The Balaban J connectivity index is 2.48. The Kier molecular flexibility index (Phi) is 2.31. The standard InChI is InChI=1S/C12H13NO2/c1-8-3-4-9(2)10(7-8)13-11(14)5-6-12(13)15/h3-4,7H,5-6H2,1-2H3. The molecular formula is C12H13NO2. The monoisotopic (exact) mass is 203 g/mol. The molecule has 0 spiro atoms. The molecule has 1 saturated heterocycles. The van der Waals surface area contributed by atoms with E-state index in [9.17, 15) is 9.59 Å². The lowest BCUT2D eigenvalue weighted by atomic mass is 10.1. The first-order valence-corrected chi connectivity index (χ1v) is 5.02. The van der Waals surface area contributed by atoms with Crippen molar-refractivity contribution in [2.24, 2.45) is 0 Å². The van der Waals surface area contributed by atoms with E-state index in [4.69, 9.17) is 0 Å². The third-order valence-electron chi connectivity index (χ3n) is 2.66. The van der Waals surface area contributed by atoms with E-state index in [1.807, 2.05) is 32.0 Å². The molecule has 0 radical (unpaired) electrons. The third-order valence-corrected chi connectivity index (χ3v) is 2.66. The fourth-order valence-electron chi connectivity index (χ4n) is 1.81. The van der Waals surface area contributed by atoms with Crippen molar-refractivity contribution in [3.8, 4) is 0 Å². The molecule has 1 aliphatic heterocycles. The largest absolute Gasteiger partial charge is 0.274 e. The highest BCUT2D eigenvalue weighted by atomic mass is 16.2. The summed E-state index contributed by atoms with van der Waals surface area (Å²) < 4.78 is 0. The van der Waals surface area contributed by atoms with Crippen molar-refractivity contribution in [3.63, 3.8) is 0 Å². The van der Waals surface area contributed by atoms with Gasteiger partial charge in [-0.15, -0.1) is 0 Å². The second kappa shape index (κ2) is 3.50. The number of hydrogen-bond acceptors (Lipinski definition) is 2. The van der Waals surface area contributed by atoms with Gasteiger partial charge in [-0.25, -0.2) is 0 Å². The van der Waals surface area contributed by atoms with E-state index in [0.717, 1.165) is 16.8 Å². The highest BCUT2D eigenvalue weighted by molar-refractivity contribution is 6.20. The zero-order valence-electron chi connectivity index (χ0n) is 8.91. The van der Waals surface area contributed by atoms with Crippen molar-refractivity contribution < 1.29 is 9.59 Å². The minimum absolute atomic E-state index is 0.0892. The number of nitrogens with zero attached hydrogens (tertiary/aromatic N) is 1. The summed E-state index contributed by atoms with van der Waals surface area (Å²) in [6.07, 6.45) is 0.679. The number of anilines is 1. The number of benzene rings is 1. The molecule has 3 heteroatoms. The number of aryl methyl sites for hydroxylation is 2. The van der Waals surface area contributed by atoms with Crippen LogP contribution in [0, 0.1) is 13.8 Å². The summed E-state index contributed by atoms with van der Waals surface area (Å²) >= 11 is 0. The second-order valence-electron chi connectivity index (χ2n) is 3.91. The highest BCUT2D eigenvalue weighted by Crippen LogP contribution is 2.26. The normalized spacial score (nSPS) is 16.3. The quantitative estimate of drug-likeness (QED) is 0.654. The average molecular weight is 203 g/mol. The Morgan fingerprint density at radius 3 is 2.27 bits per heavy atom. The first-order chi connectivity index (χ1) is 7.09. The number of amides is 2. The van der Waals surface area contributed by atoms with E-state index in [2.05, 4.69) is 0 Å². The summed E-state index contributed by atoms with van der Waals surface area (Å²) in [5, 5.41) is 0. The number of rotatable bonds is 1. The highest BCUT2D eigenvalue weighted by Gasteiger charge is 2.30. The van der Waals surface area contributed by atoms with Crippen molar-refractivity contribution in [2.75, 3.05) is 4.90 Å². The lowest BCUT2D eigenvalue weighted by Gasteiger charge is -2.16. The maximum atomic E-state index is 11.6. The number of carbonyl (C=O) groups is 2. The van der Waals surface area contributed by atoms with Crippen LogP contribution in [0.15, 0.2) is 18.2 Å². The Morgan fingerprint density at radius 1 is 1.07 bits per heavy atom. The zero-order chi connectivity index (χ0) is 11.0. The molecule has 0 aliphatic carbocycles. The van der Waals surface area contributed by atoms with Gasteiger partial charge >= 0.3 is 0 Å². The molecule has 2 amide bonds.